The lowest BCUT2D eigenvalue weighted by Crippen LogP contribution is -2.21. The quantitative estimate of drug-likeness (QED) is 0.762. The summed E-state index contributed by atoms with van der Waals surface area (Å²) in [6, 6.07) is 6.09. The van der Waals surface area contributed by atoms with E-state index in [1.165, 1.54) is 23.5 Å². The van der Waals surface area contributed by atoms with E-state index < -0.39 is 0 Å². The number of carbonyl (C=O) groups excluding carboxylic acids is 1. The van der Waals surface area contributed by atoms with Gasteiger partial charge in [0.25, 0.3) is 5.91 Å². The Morgan fingerprint density at radius 3 is 2.48 bits per heavy atom. The lowest BCUT2D eigenvalue weighted by atomic mass is 9.94. The molecule has 0 bridgehead atoms. The molecule has 132 valence electrons. The zero-order valence-corrected chi connectivity index (χ0v) is 16.5. The van der Waals surface area contributed by atoms with Gasteiger partial charge in [0.05, 0.1) is 4.08 Å². The minimum atomic E-state index is -0.139. The Hall–Kier alpha value is -1.33. The van der Waals surface area contributed by atoms with E-state index in [-0.39, 0.29) is 9.99 Å². The number of furan rings is 1. The lowest BCUT2D eigenvalue weighted by Gasteiger charge is -2.31. The zero-order chi connectivity index (χ0) is 17.6. The Labute approximate surface area is 157 Å². The van der Waals surface area contributed by atoms with Crippen LogP contribution in [0, 0.1) is 20.8 Å². The molecular weight excluding hydrogens is 350 g/mol. The molecule has 1 aromatic heterocycles. The molecule has 1 N–H and O–H groups in total. The molecule has 0 saturated carbocycles. The van der Waals surface area contributed by atoms with Crippen molar-refractivity contribution < 1.29 is 9.21 Å². The van der Waals surface area contributed by atoms with Crippen LogP contribution in [0.3, 0.4) is 0 Å². The summed E-state index contributed by atoms with van der Waals surface area (Å²) in [5, 5.41) is 3.02. The monoisotopic (exact) mass is 373 g/mol. The van der Waals surface area contributed by atoms with E-state index in [0.29, 0.717) is 5.76 Å². The minimum Gasteiger partial charge on any atom is -0.455 e. The summed E-state index contributed by atoms with van der Waals surface area (Å²) in [5.74, 6) is 3.73. The molecule has 2 aliphatic rings. The van der Waals surface area contributed by atoms with E-state index in [1.54, 1.807) is 0 Å². The first-order valence-corrected chi connectivity index (χ1v) is 10.8. The number of aryl methyl sites for hydroxylation is 3. The number of hydrogen-bond donors (Lipinski definition) is 1. The van der Waals surface area contributed by atoms with Gasteiger partial charge in [-0.15, -0.1) is 23.5 Å². The van der Waals surface area contributed by atoms with E-state index in [0.717, 1.165) is 41.0 Å². The number of amides is 1. The summed E-state index contributed by atoms with van der Waals surface area (Å²) in [6.07, 6.45) is 3.25. The van der Waals surface area contributed by atoms with Gasteiger partial charge in [-0.05, 0) is 56.9 Å². The number of anilines is 1. The van der Waals surface area contributed by atoms with E-state index in [4.69, 9.17) is 4.42 Å². The fraction of sp³-hybridized carbons (Fsp3) is 0.450. The summed E-state index contributed by atoms with van der Waals surface area (Å²) in [5.41, 5.74) is 5.43. The van der Waals surface area contributed by atoms with Crippen molar-refractivity contribution in [2.45, 2.75) is 44.1 Å². The van der Waals surface area contributed by atoms with Crippen LogP contribution in [0.15, 0.2) is 22.6 Å². The van der Waals surface area contributed by atoms with Crippen LogP contribution in [0.4, 0.5) is 5.69 Å². The highest BCUT2D eigenvalue weighted by atomic mass is 32.2. The number of hydrogen-bond acceptors (Lipinski definition) is 4. The normalized spacial score (nSPS) is 18.4. The zero-order valence-electron chi connectivity index (χ0n) is 14.9. The van der Waals surface area contributed by atoms with Crippen molar-refractivity contribution in [2.75, 3.05) is 16.8 Å². The average Bonchev–Trinajstić information content (AvgIpc) is 3.12. The van der Waals surface area contributed by atoms with Crippen LogP contribution in [0.5, 0.6) is 0 Å². The Kier molecular flexibility index (Phi) is 4.40. The van der Waals surface area contributed by atoms with Gasteiger partial charge in [-0.25, -0.2) is 0 Å². The van der Waals surface area contributed by atoms with Crippen molar-refractivity contribution in [3.8, 4) is 0 Å². The van der Waals surface area contributed by atoms with Crippen molar-refractivity contribution in [1.29, 1.82) is 0 Å². The van der Waals surface area contributed by atoms with Crippen LogP contribution in [-0.2, 0) is 10.5 Å². The molecule has 1 fully saturated rings. The third-order valence-electron chi connectivity index (χ3n) is 4.95. The van der Waals surface area contributed by atoms with Gasteiger partial charge in [-0.2, -0.15) is 0 Å². The van der Waals surface area contributed by atoms with E-state index >= 15 is 0 Å². The van der Waals surface area contributed by atoms with Crippen molar-refractivity contribution >= 4 is 35.1 Å². The summed E-state index contributed by atoms with van der Waals surface area (Å²) in [7, 11) is 0. The number of fused-ring (bicyclic) bond motifs is 2. The van der Waals surface area contributed by atoms with Crippen LogP contribution in [0.2, 0.25) is 0 Å². The summed E-state index contributed by atoms with van der Waals surface area (Å²) >= 11 is 4.05. The van der Waals surface area contributed by atoms with Crippen LogP contribution >= 0.6 is 23.5 Å². The molecule has 2 aromatic rings. The first-order chi connectivity index (χ1) is 12.0. The van der Waals surface area contributed by atoms with Gasteiger partial charge in [0, 0.05) is 34.7 Å². The Bertz CT molecular complexity index is 814. The van der Waals surface area contributed by atoms with Gasteiger partial charge < -0.3 is 9.73 Å². The highest BCUT2D eigenvalue weighted by molar-refractivity contribution is 8.20. The number of benzene rings is 1. The van der Waals surface area contributed by atoms with E-state index in [9.17, 15) is 4.79 Å². The Balaban J connectivity index is 1.67. The molecule has 1 aliphatic carbocycles. The first-order valence-electron chi connectivity index (χ1n) is 8.79. The SMILES string of the molecule is Cc1cc(C)cc(NC(=O)c2oc3c(c2C)C2(CCC3)SCCS2)c1. The smallest absolute Gasteiger partial charge is 0.291 e. The van der Waals surface area contributed by atoms with Gasteiger partial charge in [-0.1, -0.05) is 6.07 Å². The Morgan fingerprint density at radius 2 is 1.80 bits per heavy atom. The van der Waals surface area contributed by atoms with Crippen molar-refractivity contribution in [2.24, 2.45) is 0 Å². The number of rotatable bonds is 2. The predicted molar refractivity (Wildman–Crippen MR) is 107 cm³/mol. The first kappa shape index (κ1) is 17.1. The van der Waals surface area contributed by atoms with E-state index in [2.05, 4.69) is 11.4 Å². The highest BCUT2D eigenvalue weighted by Gasteiger charge is 2.45. The molecule has 1 spiro atoms. The van der Waals surface area contributed by atoms with Crippen LogP contribution in [0.25, 0.3) is 0 Å². The van der Waals surface area contributed by atoms with Gasteiger partial charge in [0.15, 0.2) is 5.76 Å². The molecule has 0 radical (unpaired) electrons. The third-order valence-corrected chi connectivity index (χ3v) is 8.48. The Morgan fingerprint density at radius 1 is 1.12 bits per heavy atom. The molecule has 5 heteroatoms. The van der Waals surface area contributed by atoms with E-state index in [1.807, 2.05) is 56.4 Å². The minimum absolute atomic E-state index is 0.111. The molecular formula is C20H23NO2S2. The number of thioether (sulfide) groups is 2. The van der Waals surface area contributed by atoms with Crippen molar-refractivity contribution in [3.63, 3.8) is 0 Å². The molecule has 1 amide bonds. The molecule has 0 atom stereocenters. The van der Waals surface area contributed by atoms with Gasteiger partial charge in [0.1, 0.15) is 5.76 Å². The fourth-order valence-corrected chi connectivity index (χ4v) is 7.61. The van der Waals surface area contributed by atoms with Gasteiger partial charge in [-0.3, -0.25) is 4.79 Å². The summed E-state index contributed by atoms with van der Waals surface area (Å²) in [6.45, 7) is 6.13. The van der Waals surface area contributed by atoms with Crippen LogP contribution < -0.4 is 5.32 Å². The fourth-order valence-electron chi connectivity index (χ4n) is 4.05. The third kappa shape index (κ3) is 3.02. The highest BCUT2D eigenvalue weighted by Crippen LogP contribution is 2.59. The lowest BCUT2D eigenvalue weighted by molar-refractivity contribution is 0.0994. The maximum atomic E-state index is 12.9. The predicted octanol–water partition coefficient (Wildman–Crippen LogP) is 5.43. The van der Waals surface area contributed by atoms with Crippen LogP contribution in [-0.4, -0.2) is 17.4 Å². The summed E-state index contributed by atoms with van der Waals surface area (Å²) in [4.78, 5) is 12.9. The van der Waals surface area contributed by atoms with Crippen LogP contribution in [0.1, 0.15) is 51.4 Å². The number of carbonyl (C=O) groups is 1. The van der Waals surface area contributed by atoms with Crippen molar-refractivity contribution in [1.82, 2.24) is 0 Å². The maximum Gasteiger partial charge on any atom is 0.291 e. The number of nitrogens with one attached hydrogen (secondary N) is 1. The second-order valence-corrected chi connectivity index (χ2v) is 10.0. The molecule has 4 rings (SSSR count). The molecule has 1 aliphatic heterocycles. The standard InChI is InChI=1S/C20H23NO2S2/c1-12-9-13(2)11-15(10-12)21-19(22)18-14(3)17-16(23-18)5-4-6-20(17)24-7-8-25-20/h9-11H,4-8H2,1-3H3,(H,21,22). The molecule has 1 aromatic carbocycles. The largest absolute Gasteiger partial charge is 0.455 e. The topological polar surface area (TPSA) is 42.2 Å². The molecule has 2 heterocycles. The van der Waals surface area contributed by atoms with Gasteiger partial charge in [0.2, 0.25) is 0 Å². The molecule has 25 heavy (non-hydrogen) atoms. The average molecular weight is 374 g/mol. The molecule has 3 nitrogen and oxygen atoms in total. The summed E-state index contributed by atoms with van der Waals surface area (Å²) < 4.78 is 6.19. The maximum absolute atomic E-state index is 12.9. The second-order valence-electron chi connectivity index (χ2n) is 6.99. The van der Waals surface area contributed by atoms with Crippen molar-refractivity contribution in [3.05, 3.63) is 52.0 Å². The second kappa shape index (κ2) is 6.44. The molecule has 1 saturated heterocycles. The molecule has 0 unspecified atom stereocenters. The van der Waals surface area contributed by atoms with Gasteiger partial charge >= 0.3 is 0 Å².